The molecule has 11 heteroatoms. The number of carbonyl (C=O) groups excluding carboxylic acids is 2. The molecule has 2 heterocycles. The third-order valence-electron chi connectivity index (χ3n) is 6.27. The maximum absolute atomic E-state index is 14.0. The fourth-order valence-corrected chi connectivity index (χ4v) is 5.52. The third kappa shape index (κ3) is 6.04. The molecular formula is C30H32N2O8S. The largest absolute Gasteiger partial charge is 0.493 e. The number of hydrogen-bond acceptors (Lipinski definition) is 10. The maximum atomic E-state index is 14.0. The molecule has 41 heavy (non-hydrogen) atoms. The van der Waals surface area contributed by atoms with Crippen molar-refractivity contribution in [2.24, 2.45) is 10.9 Å². The van der Waals surface area contributed by atoms with Crippen LogP contribution in [0.3, 0.4) is 0 Å². The first-order valence-corrected chi connectivity index (χ1v) is 13.7. The Hall–Kier alpha value is -4.38. The van der Waals surface area contributed by atoms with Gasteiger partial charge in [0, 0.05) is 12.5 Å². The number of thiazole rings is 1. The van der Waals surface area contributed by atoms with Crippen LogP contribution in [0.2, 0.25) is 0 Å². The molecule has 1 atom stereocenters. The highest BCUT2D eigenvalue weighted by molar-refractivity contribution is 7.07. The Morgan fingerprint density at radius 2 is 1.78 bits per heavy atom. The molecule has 1 aromatic heterocycles. The van der Waals surface area contributed by atoms with Crippen molar-refractivity contribution in [2.45, 2.75) is 33.7 Å². The van der Waals surface area contributed by atoms with E-state index >= 15 is 0 Å². The Bertz CT molecular complexity index is 1700. The highest BCUT2D eigenvalue weighted by Crippen LogP contribution is 2.36. The summed E-state index contributed by atoms with van der Waals surface area (Å²) in [6, 6.07) is 9.40. The smallest absolute Gasteiger partial charge is 0.338 e. The summed E-state index contributed by atoms with van der Waals surface area (Å²) in [7, 11) is 4.51. The Kier molecular flexibility index (Phi) is 8.97. The number of ether oxygens (including phenoxy) is 5. The fraction of sp³-hybridized carbons (Fsp3) is 0.333. The van der Waals surface area contributed by atoms with Crippen molar-refractivity contribution in [3.63, 3.8) is 0 Å². The predicted octanol–water partition coefficient (Wildman–Crippen LogP) is 3.39. The van der Waals surface area contributed by atoms with Crippen LogP contribution in [-0.4, -0.2) is 44.4 Å². The first-order chi connectivity index (χ1) is 19.6. The van der Waals surface area contributed by atoms with Gasteiger partial charge in [-0.3, -0.25) is 14.2 Å². The number of allylic oxidation sites excluding steroid dienone is 1. The van der Waals surface area contributed by atoms with Crippen molar-refractivity contribution in [2.75, 3.05) is 27.9 Å². The molecule has 0 bridgehead atoms. The van der Waals surface area contributed by atoms with Crippen molar-refractivity contribution in [3.8, 4) is 23.0 Å². The molecule has 0 aliphatic carbocycles. The summed E-state index contributed by atoms with van der Waals surface area (Å²) in [4.78, 5) is 44.1. The van der Waals surface area contributed by atoms with Gasteiger partial charge < -0.3 is 23.7 Å². The Labute approximate surface area is 241 Å². The number of benzene rings is 2. The van der Waals surface area contributed by atoms with E-state index in [0.29, 0.717) is 37.7 Å². The Morgan fingerprint density at radius 3 is 2.41 bits per heavy atom. The molecule has 1 aliphatic rings. The van der Waals surface area contributed by atoms with Crippen molar-refractivity contribution < 1.29 is 33.3 Å². The minimum Gasteiger partial charge on any atom is -0.493 e. The first-order valence-electron chi connectivity index (χ1n) is 12.9. The third-order valence-corrected chi connectivity index (χ3v) is 7.25. The van der Waals surface area contributed by atoms with E-state index in [2.05, 4.69) is 4.99 Å². The van der Waals surface area contributed by atoms with Crippen LogP contribution in [0.5, 0.6) is 23.0 Å². The van der Waals surface area contributed by atoms with Gasteiger partial charge in [0.2, 0.25) is 0 Å². The topological polar surface area (TPSA) is 115 Å². The van der Waals surface area contributed by atoms with Gasteiger partial charge in [-0.2, -0.15) is 0 Å². The normalized spacial score (nSPS) is 14.8. The second kappa shape index (κ2) is 12.4. The molecule has 0 saturated heterocycles. The summed E-state index contributed by atoms with van der Waals surface area (Å²) in [5.74, 6) is 0.523. The van der Waals surface area contributed by atoms with Crippen LogP contribution in [0.25, 0.3) is 6.08 Å². The van der Waals surface area contributed by atoms with E-state index < -0.39 is 18.0 Å². The highest BCUT2D eigenvalue weighted by Gasteiger charge is 2.34. The average Bonchev–Trinajstić information content (AvgIpc) is 3.24. The number of hydrogen-bond donors (Lipinski definition) is 0. The van der Waals surface area contributed by atoms with Crippen LogP contribution >= 0.6 is 11.3 Å². The van der Waals surface area contributed by atoms with E-state index in [0.717, 1.165) is 0 Å². The number of esters is 2. The maximum Gasteiger partial charge on any atom is 0.338 e. The van der Waals surface area contributed by atoms with Gasteiger partial charge in [-0.1, -0.05) is 43.4 Å². The number of nitrogens with zero attached hydrogens (tertiary/aromatic N) is 2. The van der Waals surface area contributed by atoms with Crippen LogP contribution in [0.4, 0.5) is 0 Å². The summed E-state index contributed by atoms with van der Waals surface area (Å²) in [6.45, 7) is 7.08. The molecule has 0 spiro atoms. The lowest BCUT2D eigenvalue weighted by molar-refractivity contribution is -0.140. The number of methoxy groups -OCH3 is 3. The molecule has 1 unspecified atom stereocenters. The standard InChI is InChI=1S/C30H32N2O8S/c1-16(2)15-39-29(35)25-17(3)31-30-32(26(25)19-11-12-21(40-18(4)33)23(13-19)37-6)28(34)24(41-30)14-20-9-8-10-22(36-5)27(20)38-7/h8-14,16,26H,15H2,1-7H3/b24-14-. The van der Waals surface area contributed by atoms with E-state index in [-0.39, 0.29) is 35.2 Å². The molecule has 1 aliphatic heterocycles. The van der Waals surface area contributed by atoms with E-state index in [1.807, 2.05) is 19.9 Å². The lowest BCUT2D eigenvalue weighted by atomic mass is 9.95. The van der Waals surface area contributed by atoms with Gasteiger partial charge in [-0.15, -0.1) is 0 Å². The molecule has 3 aromatic rings. The zero-order valence-corrected chi connectivity index (χ0v) is 24.8. The van der Waals surface area contributed by atoms with E-state index in [1.54, 1.807) is 50.4 Å². The van der Waals surface area contributed by atoms with Crippen LogP contribution in [0.1, 0.15) is 44.9 Å². The van der Waals surface area contributed by atoms with E-state index in [1.165, 1.54) is 37.0 Å². The Morgan fingerprint density at radius 1 is 1.05 bits per heavy atom. The molecule has 4 rings (SSSR count). The lowest BCUT2D eigenvalue weighted by Crippen LogP contribution is -2.40. The summed E-state index contributed by atoms with van der Waals surface area (Å²) >= 11 is 1.19. The monoisotopic (exact) mass is 580 g/mol. The molecule has 0 fully saturated rings. The number of carbonyl (C=O) groups is 2. The predicted molar refractivity (Wildman–Crippen MR) is 153 cm³/mol. The van der Waals surface area contributed by atoms with Gasteiger partial charge in [0.1, 0.15) is 0 Å². The molecule has 0 radical (unpaired) electrons. The molecular weight excluding hydrogens is 548 g/mol. The van der Waals surface area contributed by atoms with Crippen molar-refractivity contribution in [3.05, 3.63) is 78.5 Å². The summed E-state index contributed by atoms with van der Waals surface area (Å²) in [5, 5.41) is 0. The molecule has 2 aromatic carbocycles. The van der Waals surface area contributed by atoms with Gasteiger partial charge in [0.25, 0.3) is 5.56 Å². The van der Waals surface area contributed by atoms with Gasteiger partial charge in [-0.05, 0) is 42.7 Å². The van der Waals surface area contributed by atoms with Crippen molar-refractivity contribution in [1.82, 2.24) is 4.57 Å². The van der Waals surface area contributed by atoms with Gasteiger partial charge in [0.05, 0.1) is 49.8 Å². The number of para-hydroxylation sites is 1. The Balaban J connectivity index is 1.95. The molecule has 0 saturated carbocycles. The molecule has 10 nitrogen and oxygen atoms in total. The van der Waals surface area contributed by atoms with E-state index in [4.69, 9.17) is 23.7 Å². The van der Waals surface area contributed by atoms with Crippen LogP contribution in [-0.2, 0) is 14.3 Å². The van der Waals surface area contributed by atoms with Gasteiger partial charge in [0.15, 0.2) is 27.8 Å². The van der Waals surface area contributed by atoms with Gasteiger partial charge >= 0.3 is 11.9 Å². The number of aromatic nitrogens is 1. The highest BCUT2D eigenvalue weighted by atomic mass is 32.1. The fourth-order valence-electron chi connectivity index (χ4n) is 4.48. The summed E-state index contributed by atoms with van der Waals surface area (Å²) < 4.78 is 29.2. The second-order valence-corrected chi connectivity index (χ2v) is 10.7. The summed E-state index contributed by atoms with van der Waals surface area (Å²) in [5.41, 5.74) is 1.50. The van der Waals surface area contributed by atoms with Crippen molar-refractivity contribution in [1.29, 1.82) is 0 Å². The first kappa shape index (κ1) is 29.6. The summed E-state index contributed by atoms with van der Waals surface area (Å²) in [6.07, 6.45) is 1.71. The molecule has 0 amide bonds. The minimum atomic E-state index is -0.874. The zero-order valence-electron chi connectivity index (χ0n) is 24.0. The number of fused-ring (bicyclic) bond motifs is 1. The van der Waals surface area contributed by atoms with E-state index in [9.17, 15) is 14.4 Å². The zero-order chi connectivity index (χ0) is 29.8. The lowest BCUT2D eigenvalue weighted by Gasteiger charge is -2.25. The van der Waals surface area contributed by atoms with Gasteiger partial charge in [-0.25, -0.2) is 9.79 Å². The van der Waals surface area contributed by atoms with Crippen LogP contribution < -0.4 is 33.8 Å². The minimum absolute atomic E-state index is 0.112. The SMILES string of the molecule is COc1cc(C2C(C(=O)OCC(C)C)=C(C)N=c3s/c(=C\c4cccc(OC)c4OC)c(=O)n32)ccc1OC(C)=O. The number of rotatable bonds is 9. The molecule has 216 valence electrons. The molecule has 0 N–H and O–H groups in total. The van der Waals surface area contributed by atoms with Crippen LogP contribution in [0, 0.1) is 5.92 Å². The second-order valence-electron chi connectivity index (χ2n) is 9.66. The van der Waals surface area contributed by atoms with Crippen LogP contribution in [0.15, 0.2) is 57.5 Å². The average molecular weight is 581 g/mol. The van der Waals surface area contributed by atoms with Crippen molar-refractivity contribution >= 4 is 29.4 Å². The quantitative estimate of drug-likeness (QED) is 0.280.